The standard InChI is InChI=1S/C18H18BN3O4/c1-10-6-13(19(24)26-9-23)8-16(17(10)25-3)12-4-5-14-15(7-12)11(2)21-22-18(14)20/h4-9,24H,1-3H3,(H2,20,22). The Balaban J connectivity index is 2.23. The van der Waals surface area contributed by atoms with E-state index in [1.54, 1.807) is 19.2 Å². The van der Waals surface area contributed by atoms with Crippen LogP contribution in [0.2, 0.25) is 0 Å². The van der Waals surface area contributed by atoms with Crippen molar-refractivity contribution in [2.24, 2.45) is 0 Å². The maximum atomic E-state index is 10.5. The van der Waals surface area contributed by atoms with Crippen molar-refractivity contribution in [2.45, 2.75) is 13.8 Å². The highest BCUT2D eigenvalue weighted by atomic mass is 16.5. The first-order valence-electron chi connectivity index (χ1n) is 7.94. The summed E-state index contributed by atoms with van der Waals surface area (Å²) in [5.74, 6) is 1.03. The van der Waals surface area contributed by atoms with Crippen LogP contribution >= 0.6 is 0 Å². The molecule has 3 rings (SSSR count). The van der Waals surface area contributed by atoms with Gasteiger partial charge in [-0.2, -0.15) is 5.10 Å². The lowest BCUT2D eigenvalue weighted by molar-refractivity contribution is -0.121. The van der Waals surface area contributed by atoms with Crippen molar-refractivity contribution < 1.29 is 19.2 Å². The molecule has 0 aliphatic carbocycles. The molecule has 0 atom stereocenters. The predicted octanol–water partition coefficient (Wildman–Crippen LogP) is 1.36. The van der Waals surface area contributed by atoms with Crippen molar-refractivity contribution >= 4 is 35.6 Å². The summed E-state index contributed by atoms with van der Waals surface area (Å²) in [6, 6.07) is 9.17. The number of ether oxygens (including phenoxy) is 1. The first-order valence-corrected chi connectivity index (χ1v) is 7.94. The van der Waals surface area contributed by atoms with Gasteiger partial charge in [0.2, 0.25) is 0 Å². The maximum Gasteiger partial charge on any atom is 0.561 e. The average molecular weight is 351 g/mol. The molecule has 0 spiro atoms. The second kappa shape index (κ2) is 7.01. The van der Waals surface area contributed by atoms with Gasteiger partial charge in [0.1, 0.15) is 5.75 Å². The van der Waals surface area contributed by atoms with Crippen LogP contribution in [0.5, 0.6) is 5.75 Å². The number of anilines is 1. The topological polar surface area (TPSA) is 108 Å². The van der Waals surface area contributed by atoms with E-state index in [2.05, 4.69) is 14.9 Å². The molecule has 7 nitrogen and oxygen atoms in total. The molecular weight excluding hydrogens is 333 g/mol. The zero-order valence-corrected chi connectivity index (χ0v) is 14.7. The number of nitrogens with two attached hydrogens (primary N) is 1. The number of nitrogen functional groups attached to an aromatic ring is 1. The normalized spacial score (nSPS) is 10.6. The van der Waals surface area contributed by atoms with Crippen LogP contribution in [0, 0.1) is 13.8 Å². The summed E-state index contributed by atoms with van der Waals surface area (Å²) in [7, 11) is 0.235. The third-order valence-corrected chi connectivity index (χ3v) is 4.27. The lowest BCUT2D eigenvalue weighted by atomic mass is 9.77. The van der Waals surface area contributed by atoms with Gasteiger partial charge < -0.3 is 20.1 Å². The quantitative estimate of drug-likeness (QED) is 0.528. The number of methoxy groups -OCH3 is 1. The van der Waals surface area contributed by atoms with E-state index in [-0.39, 0.29) is 6.47 Å². The van der Waals surface area contributed by atoms with Gasteiger partial charge in [0.25, 0.3) is 6.47 Å². The van der Waals surface area contributed by atoms with E-state index in [4.69, 9.17) is 10.5 Å². The van der Waals surface area contributed by atoms with Crippen LogP contribution in [0.25, 0.3) is 21.9 Å². The molecule has 0 radical (unpaired) electrons. The van der Waals surface area contributed by atoms with Gasteiger partial charge in [0.15, 0.2) is 5.82 Å². The third-order valence-electron chi connectivity index (χ3n) is 4.27. The van der Waals surface area contributed by atoms with E-state index in [9.17, 15) is 9.82 Å². The molecule has 3 N–H and O–H groups in total. The Hall–Kier alpha value is -3.13. The zero-order valence-electron chi connectivity index (χ0n) is 14.7. The number of nitrogens with zero attached hydrogens (tertiary/aromatic N) is 2. The molecule has 132 valence electrons. The highest BCUT2D eigenvalue weighted by Crippen LogP contribution is 2.35. The molecule has 3 aromatic rings. The highest BCUT2D eigenvalue weighted by Gasteiger charge is 2.22. The van der Waals surface area contributed by atoms with Crippen LogP contribution < -0.4 is 15.9 Å². The van der Waals surface area contributed by atoms with Gasteiger partial charge in [-0.05, 0) is 48.6 Å². The largest absolute Gasteiger partial charge is 0.561 e. The highest BCUT2D eigenvalue weighted by molar-refractivity contribution is 6.61. The van der Waals surface area contributed by atoms with E-state index >= 15 is 0 Å². The molecule has 0 fully saturated rings. The number of aromatic nitrogens is 2. The van der Waals surface area contributed by atoms with Crippen LogP contribution in [0.3, 0.4) is 0 Å². The Kier molecular flexibility index (Phi) is 4.77. The smallest absolute Gasteiger partial charge is 0.508 e. The van der Waals surface area contributed by atoms with Crippen molar-refractivity contribution in [1.29, 1.82) is 0 Å². The van der Waals surface area contributed by atoms with Crippen molar-refractivity contribution in [2.75, 3.05) is 12.8 Å². The Morgan fingerprint density at radius 1 is 1.15 bits per heavy atom. The molecule has 1 heterocycles. The molecule has 8 heteroatoms. The number of hydrogen-bond acceptors (Lipinski definition) is 7. The van der Waals surface area contributed by atoms with E-state index in [0.29, 0.717) is 17.0 Å². The molecule has 0 bridgehead atoms. The van der Waals surface area contributed by atoms with Crippen molar-refractivity contribution in [1.82, 2.24) is 10.2 Å². The molecule has 2 aromatic carbocycles. The molecule has 0 saturated heterocycles. The Labute approximate surface area is 150 Å². The molecule has 0 saturated carbocycles. The van der Waals surface area contributed by atoms with Crippen molar-refractivity contribution in [3.63, 3.8) is 0 Å². The number of fused-ring (bicyclic) bond motifs is 1. The second-order valence-corrected chi connectivity index (χ2v) is 5.93. The zero-order chi connectivity index (χ0) is 18.8. The summed E-state index contributed by atoms with van der Waals surface area (Å²) in [6.07, 6.45) is 0. The molecule has 1 aromatic heterocycles. The lowest BCUT2D eigenvalue weighted by Gasteiger charge is -2.15. The van der Waals surface area contributed by atoms with Crippen LogP contribution in [0.15, 0.2) is 30.3 Å². The first kappa shape index (κ1) is 17.7. The Morgan fingerprint density at radius 2 is 1.92 bits per heavy atom. The van der Waals surface area contributed by atoms with Gasteiger partial charge >= 0.3 is 7.12 Å². The summed E-state index contributed by atoms with van der Waals surface area (Å²) < 4.78 is 10.2. The van der Waals surface area contributed by atoms with Crippen molar-refractivity contribution in [3.8, 4) is 16.9 Å². The van der Waals surface area contributed by atoms with E-state index < -0.39 is 7.12 Å². The predicted molar refractivity (Wildman–Crippen MR) is 100 cm³/mol. The summed E-state index contributed by atoms with van der Waals surface area (Å²) in [5.41, 5.74) is 9.54. The average Bonchev–Trinajstić information content (AvgIpc) is 2.64. The molecule has 26 heavy (non-hydrogen) atoms. The monoisotopic (exact) mass is 351 g/mol. The van der Waals surface area contributed by atoms with Crippen LogP contribution in [0.4, 0.5) is 5.82 Å². The minimum absolute atomic E-state index is 0.213. The Bertz CT molecular complexity index is 994. The minimum atomic E-state index is -1.35. The van der Waals surface area contributed by atoms with Crippen LogP contribution in [-0.4, -0.2) is 35.9 Å². The molecule has 0 unspecified atom stereocenters. The van der Waals surface area contributed by atoms with Gasteiger partial charge in [-0.15, -0.1) is 5.10 Å². The van der Waals surface area contributed by atoms with Crippen LogP contribution in [-0.2, 0) is 9.45 Å². The number of carbonyl (C=O) groups excluding carboxylic acids is 1. The van der Waals surface area contributed by atoms with E-state index in [0.717, 1.165) is 33.2 Å². The minimum Gasteiger partial charge on any atom is -0.508 e. The number of benzene rings is 2. The number of rotatable bonds is 5. The fourth-order valence-corrected chi connectivity index (χ4v) is 3.03. The van der Waals surface area contributed by atoms with Gasteiger partial charge in [-0.25, -0.2) is 0 Å². The van der Waals surface area contributed by atoms with Gasteiger partial charge in [0, 0.05) is 16.3 Å². The SMILES string of the molecule is COc1c(C)cc(B(O)OC=O)cc1-c1ccc2c(N)nnc(C)c2c1. The summed E-state index contributed by atoms with van der Waals surface area (Å²) >= 11 is 0. The number of hydrogen-bond donors (Lipinski definition) is 2. The molecule has 0 aliphatic heterocycles. The number of aryl methyl sites for hydroxylation is 2. The van der Waals surface area contributed by atoms with E-state index in [1.165, 1.54) is 0 Å². The summed E-state index contributed by atoms with van der Waals surface area (Å²) in [6.45, 7) is 3.93. The lowest BCUT2D eigenvalue weighted by Crippen LogP contribution is -2.33. The molecule has 0 aliphatic rings. The third kappa shape index (κ3) is 3.06. The second-order valence-electron chi connectivity index (χ2n) is 5.93. The van der Waals surface area contributed by atoms with Gasteiger partial charge in [-0.3, -0.25) is 4.79 Å². The maximum absolute atomic E-state index is 10.5. The molecular formula is C18H18BN3O4. The molecule has 0 amide bonds. The first-order chi connectivity index (χ1) is 12.5. The summed E-state index contributed by atoms with van der Waals surface area (Å²) in [5, 5.41) is 19.7. The van der Waals surface area contributed by atoms with Gasteiger partial charge in [0.05, 0.1) is 12.8 Å². The van der Waals surface area contributed by atoms with E-state index in [1.807, 2.05) is 32.0 Å². The van der Waals surface area contributed by atoms with Crippen LogP contribution in [0.1, 0.15) is 11.3 Å². The van der Waals surface area contributed by atoms with Crippen molar-refractivity contribution in [3.05, 3.63) is 41.6 Å². The number of carbonyl (C=O) groups is 1. The fraction of sp³-hybridized carbons (Fsp3) is 0.167. The summed E-state index contributed by atoms with van der Waals surface area (Å²) in [4.78, 5) is 10.5. The fourth-order valence-electron chi connectivity index (χ4n) is 3.03. The van der Waals surface area contributed by atoms with Gasteiger partial charge in [-0.1, -0.05) is 12.1 Å². The Morgan fingerprint density at radius 3 is 2.62 bits per heavy atom.